The van der Waals surface area contributed by atoms with Gasteiger partial charge in [-0.25, -0.2) is 0 Å². The topological polar surface area (TPSA) is 35.6 Å². The van der Waals surface area contributed by atoms with Gasteiger partial charge in [0, 0.05) is 49.9 Å². The van der Waals surface area contributed by atoms with E-state index < -0.39 is 0 Å². The summed E-state index contributed by atoms with van der Waals surface area (Å²) >= 11 is 1.77. The van der Waals surface area contributed by atoms with Crippen molar-refractivity contribution in [2.24, 2.45) is 0 Å². The average molecular weight is 396 g/mol. The summed E-state index contributed by atoms with van der Waals surface area (Å²) in [7, 11) is 0. The first-order valence-electron chi connectivity index (χ1n) is 9.90. The molecule has 0 spiro atoms. The van der Waals surface area contributed by atoms with E-state index in [-0.39, 0.29) is 5.91 Å². The molecule has 1 aliphatic heterocycles. The van der Waals surface area contributed by atoms with Crippen LogP contribution in [-0.4, -0.2) is 67.3 Å². The molecule has 0 unspecified atom stereocenters. The summed E-state index contributed by atoms with van der Waals surface area (Å²) in [6.07, 6.45) is 4.40. The molecule has 1 saturated heterocycles. The minimum atomic E-state index is 0.131. The Morgan fingerprint density at radius 1 is 0.929 bits per heavy atom. The highest BCUT2D eigenvalue weighted by Gasteiger charge is 2.17. The van der Waals surface area contributed by atoms with Gasteiger partial charge in [-0.2, -0.15) is 0 Å². The zero-order valence-corrected chi connectivity index (χ0v) is 17.1. The zero-order valence-electron chi connectivity index (χ0n) is 16.3. The number of benzene rings is 2. The smallest absolute Gasteiger partial charge is 0.234 e. The van der Waals surface area contributed by atoms with Crippen LogP contribution in [0.5, 0.6) is 0 Å². The largest absolute Gasteiger partial charge is 0.354 e. The van der Waals surface area contributed by atoms with E-state index in [0.29, 0.717) is 13.1 Å². The number of hydrogen-bond donors (Lipinski definition) is 1. The molecule has 28 heavy (non-hydrogen) atoms. The van der Waals surface area contributed by atoms with Gasteiger partial charge >= 0.3 is 0 Å². The van der Waals surface area contributed by atoms with E-state index in [1.807, 2.05) is 24.3 Å². The molecule has 2 aromatic carbocycles. The minimum absolute atomic E-state index is 0.131. The first-order chi connectivity index (χ1) is 13.8. The number of nitrogens with one attached hydrogen (secondary N) is 1. The first kappa shape index (κ1) is 20.6. The van der Waals surface area contributed by atoms with Crippen molar-refractivity contribution in [2.75, 3.05) is 51.6 Å². The Labute approximate surface area is 172 Å². The standard InChI is InChI=1S/C23H29N3OS/c27-23(24-13-19-28-22-11-5-2-6-12-22)20-26-17-15-25(16-18-26)14-7-10-21-8-3-1-4-9-21/h1-12H,13-20H2,(H,24,27)/b10-7+. The van der Waals surface area contributed by atoms with E-state index in [1.54, 1.807) is 11.8 Å². The average Bonchev–Trinajstić information content (AvgIpc) is 2.74. The van der Waals surface area contributed by atoms with Crippen LogP contribution in [0.3, 0.4) is 0 Å². The van der Waals surface area contributed by atoms with Crippen LogP contribution in [0.2, 0.25) is 0 Å². The molecule has 0 bridgehead atoms. The van der Waals surface area contributed by atoms with Crippen LogP contribution in [0, 0.1) is 0 Å². The van der Waals surface area contributed by atoms with Gasteiger partial charge in [0.05, 0.1) is 6.54 Å². The van der Waals surface area contributed by atoms with Crippen molar-refractivity contribution in [2.45, 2.75) is 4.90 Å². The van der Waals surface area contributed by atoms with Crippen LogP contribution in [0.4, 0.5) is 0 Å². The third-order valence-corrected chi connectivity index (χ3v) is 5.76. The van der Waals surface area contributed by atoms with Gasteiger partial charge in [0.2, 0.25) is 5.91 Å². The molecule has 1 heterocycles. The van der Waals surface area contributed by atoms with Gasteiger partial charge in [-0.1, -0.05) is 60.7 Å². The van der Waals surface area contributed by atoms with E-state index in [0.717, 1.165) is 38.5 Å². The van der Waals surface area contributed by atoms with Crippen molar-refractivity contribution in [3.8, 4) is 0 Å². The summed E-state index contributed by atoms with van der Waals surface area (Å²) in [5.41, 5.74) is 1.24. The summed E-state index contributed by atoms with van der Waals surface area (Å²) in [5.74, 6) is 1.03. The molecule has 1 N–H and O–H groups in total. The molecule has 2 aromatic rings. The highest BCUT2D eigenvalue weighted by Crippen LogP contribution is 2.15. The van der Waals surface area contributed by atoms with E-state index in [1.165, 1.54) is 10.5 Å². The molecule has 0 aromatic heterocycles. The van der Waals surface area contributed by atoms with Crippen molar-refractivity contribution in [1.29, 1.82) is 0 Å². The number of carbonyl (C=O) groups is 1. The van der Waals surface area contributed by atoms with Crippen molar-refractivity contribution < 1.29 is 4.79 Å². The van der Waals surface area contributed by atoms with Crippen LogP contribution in [0.25, 0.3) is 6.08 Å². The number of hydrogen-bond acceptors (Lipinski definition) is 4. The lowest BCUT2D eigenvalue weighted by Gasteiger charge is -2.33. The fraction of sp³-hybridized carbons (Fsp3) is 0.348. The number of thioether (sulfide) groups is 1. The maximum atomic E-state index is 12.1. The molecule has 3 rings (SSSR count). The highest BCUT2D eigenvalue weighted by molar-refractivity contribution is 7.99. The number of nitrogens with zero attached hydrogens (tertiary/aromatic N) is 2. The fourth-order valence-corrected chi connectivity index (χ4v) is 3.96. The normalized spacial score (nSPS) is 15.7. The van der Waals surface area contributed by atoms with Crippen LogP contribution in [0.15, 0.2) is 71.6 Å². The Morgan fingerprint density at radius 3 is 2.29 bits per heavy atom. The lowest BCUT2D eigenvalue weighted by molar-refractivity contribution is -0.122. The van der Waals surface area contributed by atoms with Crippen molar-refractivity contribution in [1.82, 2.24) is 15.1 Å². The van der Waals surface area contributed by atoms with Crippen molar-refractivity contribution in [3.63, 3.8) is 0 Å². The minimum Gasteiger partial charge on any atom is -0.354 e. The molecule has 0 saturated carbocycles. The van der Waals surface area contributed by atoms with Gasteiger partial charge in [-0.3, -0.25) is 14.6 Å². The molecule has 5 heteroatoms. The monoisotopic (exact) mass is 395 g/mol. The van der Waals surface area contributed by atoms with E-state index >= 15 is 0 Å². The zero-order chi connectivity index (χ0) is 19.4. The van der Waals surface area contributed by atoms with Gasteiger partial charge in [0.25, 0.3) is 0 Å². The molecule has 4 nitrogen and oxygen atoms in total. The van der Waals surface area contributed by atoms with Crippen molar-refractivity contribution >= 4 is 23.7 Å². The van der Waals surface area contributed by atoms with Gasteiger partial charge in [0.1, 0.15) is 0 Å². The number of amides is 1. The van der Waals surface area contributed by atoms with Crippen LogP contribution < -0.4 is 5.32 Å². The number of piperazine rings is 1. The van der Waals surface area contributed by atoms with Crippen molar-refractivity contribution in [3.05, 3.63) is 72.3 Å². The molecule has 1 fully saturated rings. The van der Waals surface area contributed by atoms with Gasteiger partial charge in [0.15, 0.2) is 0 Å². The Kier molecular flexibility index (Phi) is 8.62. The third kappa shape index (κ3) is 7.50. The quantitative estimate of drug-likeness (QED) is 0.522. The van der Waals surface area contributed by atoms with E-state index in [4.69, 9.17) is 0 Å². The summed E-state index contributed by atoms with van der Waals surface area (Å²) in [6, 6.07) is 20.7. The maximum absolute atomic E-state index is 12.1. The van der Waals surface area contributed by atoms with Gasteiger partial charge in [-0.05, 0) is 17.7 Å². The maximum Gasteiger partial charge on any atom is 0.234 e. The predicted octanol–water partition coefficient (Wildman–Crippen LogP) is 3.23. The van der Waals surface area contributed by atoms with Crippen LogP contribution in [0.1, 0.15) is 5.56 Å². The van der Waals surface area contributed by atoms with Gasteiger partial charge in [-0.15, -0.1) is 11.8 Å². The van der Waals surface area contributed by atoms with E-state index in [9.17, 15) is 4.79 Å². The SMILES string of the molecule is O=C(CN1CCN(C/C=C/c2ccccc2)CC1)NCCSc1ccccc1. The summed E-state index contributed by atoms with van der Waals surface area (Å²) in [5, 5.41) is 3.04. The molecule has 1 amide bonds. The molecule has 148 valence electrons. The Hall–Kier alpha value is -2.08. The molecule has 0 atom stereocenters. The number of rotatable bonds is 9. The highest BCUT2D eigenvalue weighted by atomic mass is 32.2. The Morgan fingerprint density at radius 2 is 1.57 bits per heavy atom. The molecule has 0 aliphatic carbocycles. The lowest BCUT2D eigenvalue weighted by atomic mass is 10.2. The molecular formula is C23H29N3OS. The predicted molar refractivity (Wildman–Crippen MR) is 119 cm³/mol. The summed E-state index contributed by atoms with van der Waals surface area (Å²) in [6.45, 7) is 6.10. The molecule has 0 radical (unpaired) electrons. The van der Waals surface area contributed by atoms with Crippen LogP contribution >= 0.6 is 11.8 Å². The second-order valence-electron chi connectivity index (χ2n) is 6.90. The summed E-state index contributed by atoms with van der Waals surface area (Å²) < 4.78 is 0. The lowest BCUT2D eigenvalue weighted by Crippen LogP contribution is -2.49. The third-order valence-electron chi connectivity index (χ3n) is 4.74. The molecule has 1 aliphatic rings. The Balaban J connectivity index is 1.26. The first-order valence-corrected chi connectivity index (χ1v) is 10.9. The van der Waals surface area contributed by atoms with Crippen LogP contribution in [-0.2, 0) is 4.79 Å². The van der Waals surface area contributed by atoms with Gasteiger partial charge < -0.3 is 5.32 Å². The second kappa shape index (κ2) is 11.7. The summed E-state index contributed by atoms with van der Waals surface area (Å²) in [4.78, 5) is 18.1. The van der Waals surface area contributed by atoms with E-state index in [2.05, 4.69) is 63.7 Å². The fourth-order valence-electron chi connectivity index (χ4n) is 3.17. The molecular weight excluding hydrogens is 366 g/mol. The second-order valence-corrected chi connectivity index (χ2v) is 8.07. The number of carbonyl (C=O) groups excluding carboxylic acids is 1. The Bertz CT molecular complexity index is 728.